The molecule has 2 heterocycles. The summed E-state index contributed by atoms with van der Waals surface area (Å²) < 4.78 is 4.42. The number of aromatic nitrogens is 5. The van der Waals surface area contributed by atoms with Gasteiger partial charge < -0.3 is 9.88 Å². The number of aromatic amines is 1. The van der Waals surface area contributed by atoms with Crippen LogP contribution in [-0.2, 0) is 24.9 Å². The number of nitrogens with one attached hydrogen (secondary N) is 2. The summed E-state index contributed by atoms with van der Waals surface area (Å²) in [5, 5.41) is 9.95. The molecule has 0 unspecified atom stereocenters. The highest BCUT2D eigenvalue weighted by Crippen LogP contribution is 2.14. The van der Waals surface area contributed by atoms with E-state index in [2.05, 4.69) is 36.4 Å². The van der Waals surface area contributed by atoms with Crippen LogP contribution in [-0.4, -0.2) is 30.2 Å². The first-order valence-electron chi connectivity index (χ1n) is 7.47. The van der Waals surface area contributed by atoms with Crippen molar-refractivity contribution >= 4 is 45.0 Å². The lowest BCUT2D eigenvalue weighted by molar-refractivity contribution is -0.121. The van der Waals surface area contributed by atoms with Crippen LogP contribution in [0, 0.1) is 4.77 Å². The van der Waals surface area contributed by atoms with Crippen LogP contribution in [0.1, 0.15) is 12.2 Å². The van der Waals surface area contributed by atoms with Crippen molar-refractivity contribution < 1.29 is 4.79 Å². The van der Waals surface area contributed by atoms with Gasteiger partial charge in [-0.05, 0) is 30.4 Å². The zero-order valence-electron chi connectivity index (χ0n) is 13.3. The van der Waals surface area contributed by atoms with E-state index in [0.717, 1.165) is 4.47 Å². The number of carbonyl (C=O) groups is 1. The molecule has 1 aromatic carbocycles. The molecule has 0 fully saturated rings. The van der Waals surface area contributed by atoms with E-state index in [-0.39, 0.29) is 31.0 Å². The number of amides is 1. The minimum absolute atomic E-state index is 0.163. The van der Waals surface area contributed by atoms with Crippen molar-refractivity contribution in [3.8, 4) is 0 Å². The van der Waals surface area contributed by atoms with Crippen LogP contribution in [0.4, 0.5) is 0 Å². The molecule has 0 radical (unpaired) electrons. The van der Waals surface area contributed by atoms with Gasteiger partial charge in [-0.25, -0.2) is 4.98 Å². The Bertz CT molecular complexity index is 1050. The summed E-state index contributed by atoms with van der Waals surface area (Å²) in [4.78, 5) is 28.7. The molecule has 0 saturated heterocycles. The Kier molecular flexibility index (Phi) is 5.09. The van der Waals surface area contributed by atoms with E-state index in [1.807, 2.05) is 6.07 Å². The van der Waals surface area contributed by atoms with Crippen LogP contribution in [0.5, 0.6) is 0 Å². The Balaban J connectivity index is 1.65. The van der Waals surface area contributed by atoms with Crippen LogP contribution in [0.2, 0.25) is 0 Å². The van der Waals surface area contributed by atoms with Gasteiger partial charge in [0, 0.05) is 24.5 Å². The van der Waals surface area contributed by atoms with Crippen molar-refractivity contribution in [3.05, 3.63) is 49.9 Å². The van der Waals surface area contributed by atoms with Gasteiger partial charge in [0.05, 0.1) is 23.8 Å². The molecule has 3 rings (SSSR count). The smallest absolute Gasteiger partial charge is 0.261 e. The third-order valence-electron chi connectivity index (χ3n) is 3.78. The van der Waals surface area contributed by atoms with Crippen LogP contribution in [0.3, 0.4) is 0 Å². The maximum Gasteiger partial charge on any atom is 0.261 e. The molecule has 10 heteroatoms. The van der Waals surface area contributed by atoms with E-state index in [1.165, 1.54) is 10.9 Å². The molecule has 1 amide bonds. The number of rotatable bonds is 5. The van der Waals surface area contributed by atoms with Crippen molar-refractivity contribution in [1.82, 2.24) is 29.6 Å². The normalized spacial score (nSPS) is 11.0. The van der Waals surface area contributed by atoms with E-state index < -0.39 is 0 Å². The highest BCUT2D eigenvalue weighted by molar-refractivity contribution is 9.10. The van der Waals surface area contributed by atoms with Gasteiger partial charge in [-0.1, -0.05) is 15.9 Å². The molecule has 0 spiro atoms. The molecule has 8 nitrogen and oxygen atoms in total. The maximum absolute atomic E-state index is 12.5. The van der Waals surface area contributed by atoms with Crippen LogP contribution in [0.25, 0.3) is 10.9 Å². The number of H-pyrrole nitrogens is 1. The first-order valence-corrected chi connectivity index (χ1v) is 8.67. The Labute approximate surface area is 156 Å². The van der Waals surface area contributed by atoms with E-state index in [1.54, 1.807) is 23.7 Å². The van der Waals surface area contributed by atoms with Gasteiger partial charge in [0.2, 0.25) is 5.91 Å². The molecule has 2 N–H and O–H groups in total. The van der Waals surface area contributed by atoms with Crippen LogP contribution in [0.15, 0.2) is 33.8 Å². The first-order chi connectivity index (χ1) is 12.0. The topological polar surface area (TPSA) is 97.6 Å². The van der Waals surface area contributed by atoms with Crippen molar-refractivity contribution in [3.63, 3.8) is 0 Å². The second kappa shape index (κ2) is 7.28. The van der Waals surface area contributed by atoms with Gasteiger partial charge >= 0.3 is 0 Å². The number of halogens is 1. The minimum atomic E-state index is -0.185. The third kappa shape index (κ3) is 3.85. The average molecular weight is 423 g/mol. The molecule has 2 aromatic heterocycles. The van der Waals surface area contributed by atoms with Crippen LogP contribution < -0.4 is 10.9 Å². The van der Waals surface area contributed by atoms with Crippen LogP contribution >= 0.6 is 28.1 Å². The lowest BCUT2D eigenvalue weighted by Crippen LogP contribution is -2.28. The van der Waals surface area contributed by atoms with Crippen molar-refractivity contribution in [1.29, 1.82) is 0 Å². The Hall–Kier alpha value is -2.33. The summed E-state index contributed by atoms with van der Waals surface area (Å²) >= 11 is 8.36. The fourth-order valence-corrected chi connectivity index (χ4v) is 2.83. The number of carbonyl (C=O) groups excluding carboxylic acids is 1. The molecule has 0 aliphatic carbocycles. The predicted octanol–water partition coefficient (Wildman–Crippen LogP) is 1.66. The van der Waals surface area contributed by atoms with E-state index in [9.17, 15) is 9.59 Å². The van der Waals surface area contributed by atoms with Gasteiger partial charge in [-0.15, -0.1) is 0 Å². The SMILES string of the molecule is Cn1c(CNC(=O)CCn2cnc3ccc(Br)cc3c2=O)n[nH]c1=S. The zero-order chi connectivity index (χ0) is 18.0. The highest BCUT2D eigenvalue weighted by atomic mass is 79.9. The third-order valence-corrected chi connectivity index (χ3v) is 4.64. The molecule has 25 heavy (non-hydrogen) atoms. The quantitative estimate of drug-likeness (QED) is 0.609. The predicted molar refractivity (Wildman–Crippen MR) is 98.6 cm³/mol. The van der Waals surface area contributed by atoms with E-state index >= 15 is 0 Å². The zero-order valence-corrected chi connectivity index (χ0v) is 15.7. The molecular weight excluding hydrogens is 408 g/mol. The maximum atomic E-state index is 12.5. The summed E-state index contributed by atoms with van der Waals surface area (Å²) in [6, 6.07) is 5.33. The number of aryl methyl sites for hydroxylation is 1. The van der Waals surface area contributed by atoms with Gasteiger partial charge in [-0.2, -0.15) is 5.10 Å². The second-order valence-electron chi connectivity index (χ2n) is 5.44. The second-order valence-corrected chi connectivity index (χ2v) is 6.74. The largest absolute Gasteiger partial charge is 0.349 e. The minimum Gasteiger partial charge on any atom is -0.349 e. The summed E-state index contributed by atoms with van der Waals surface area (Å²) in [6.07, 6.45) is 1.62. The summed E-state index contributed by atoms with van der Waals surface area (Å²) in [5.41, 5.74) is 0.452. The number of benzene rings is 1. The molecule has 130 valence electrons. The van der Waals surface area contributed by atoms with Gasteiger partial charge in [0.25, 0.3) is 5.56 Å². The fraction of sp³-hybridized carbons (Fsp3) is 0.267. The van der Waals surface area contributed by atoms with Crippen molar-refractivity contribution in [2.45, 2.75) is 19.5 Å². The molecule has 0 bridgehead atoms. The first kappa shape index (κ1) is 17.5. The average Bonchev–Trinajstić information content (AvgIpc) is 2.91. The summed E-state index contributed by atoms with van der Waals surface area (Å²) in [6.45, 7) is 0.513. The van der Waals surface area contributed by atoms with Gasteiger partial charge in [-0.3, -0.25) is 19.3 Å². The molecule has 0 aliphatic heterocycles. The lowest BCUT2D eigenvalue weighted by Gasteiger charge is -2.08. The molecular formula is C15H15BrN6O2S. The molecule has 0 aliphatic rings. The number of nitrogens with zero attached hydrogens (tertiary/aromatic N) is 4. The Morgan fingerprint density at radius 3 is 2.96 bits per heavy atom. The Morgan fingerprint density at radius 1 is 1.44 bits per heavy atom. The molecule has 3 aromatic rings. The van der Waals surface area contributed by atoms with E-state index in [4.69, 9.17) is 12.2 Å². The standard InChI is InChI=1S/C15H15BrN6O2S/c1-21-12(19-20-15(21)25)7-17-13(23)4-5-22-8-18-11-3-2-9(16)6-10(11)14(22)24/h2-3,6,8H,4-5,7H2,1H3,(H,17,23)(H,20,25). The summed E-state index contributed by atoms with van der Waals surface area (Å²) in [7, 11) is 1.77. The van der Waals surface area contributed by atoms with E-state index in [0.29, 0.717) is 21.5 Å². The fourth-order valence-electron chi connectivity index (χ4n) is 2.32. The molecule has 0 atom stereocenters. The number of hydrogen-bond acceptors (Lipinski definition) is 5. The molecule has 0 saturated carbocycles. The number of hydrogen-bond donors (Lipinski definition) is 2. The van der Waals surface area contributed by atoms with Crippen molar-refractivity contribution in [2.75, 3.05) is 0 Å². The lowest BCUT2D eigenvalue weighted by atomic mass is 10.2. The van der Waals surface area contributed by atoms with Gasteiger partial charge in [0.1, 0.15) is 0 Å². The van der Waals surface area contributed by atoms with Crippen molar-refractivity contribution in [2.24, 2.45) is 7.05 Å². The monoisotopic (exact) mass is 422 g/mol. The van der Waals surface area contributed by atoms with Gasteiger partial charge in [0.15, 0.2) is 10.6 Å². The Morgan fingerprint density at radius 2 is 2.24 bits per heavy atom. The number of fused-ring (bicyclic) bond motifs is 1. The highest BCUT2D eigenvalue weighted by Gasteiger charge is 2.08. The summed E-state index contributed by atoms with van der Waals surface area (Å²) in [5.74, 6) is 0.447.